The second-order valence-electron chi connectivity index (χ2n) is 7.39. The Morgan fingerprint density at radius 3 is 1.83 bits per heavy atom. The molecule has 0 heterocycles. The Labute approximate surface area is 175 Å². The molecule has 8 heteroatoms. The number of hydrazine groups is 1. The third-order valence-electron chi connectivity index (χ3n) is 3.58. The van der Waals surface area contributed by atoms with Crippen LogP contribution < -0.4 is 5.43 Å². The Kier molecular flexibility index (Phi) is 8.22. The van der Waals surface area contributed by atoms with Crippen LogP contribution in [0.25, 0.3) is 0 Å². The summed E-state index contributed by atoms with van der Waals surface area (Å²) in [6.45, 7) is 4.51. The van der Waals surface area contributed by atoms with Gasteiger partial charge in [-0.25, -0.2) is 20.0 Å². The standard InChI is InChI=1S/C22H26N2O6/c1-22(2,3)30-20(26)23-24(21(27)29-16-18-12-8-5-9-13-18)14-19(25)28-15-17-10-6-4-7-11-17/h4-13H,14-16H2,1-3H3,(H,23,26). The number of carbonyl (C=O) groups is 3. The third-order valence-corrected chi connectivity index (χ3v) is 3.58. The van der Waals surface area contributed by atoms with Gasteiger partial charge >= 0.3 is 18.2 Å². The lowest BCUT2D eigenvalue weighted by Gasteiger charge is -2.25. The molecular weight excluding hydrogens is 388 g/mol. The Balaban J connectivity index is 1.97. The largest absolute Gasteiger partial charge is 0.459 e. The molecule has 2 aromatic rings. The average molecular weight is 414 g/mol. The zero-order valence-electron chi connectivity index (χ0n) is 17.3. The van der Waals surface area contributed by atoms with Gasteiger partial charge in [0.2, 0.25) is 0 Å². The van der Waals surface area contributed by atoms with E-state index in [0.717, 1.165) is 16.1 Å². The van der Waals surface area contributed by atoms with Crippen molar-refractivity contribution in [2.75, 3.05) is 6.54 Å². The van der Waals surface area contributed by atoms with Gasteiger partial charge in [-0.3, -0.25) is 4.79 Å². The molecule has 0 aliphatic heterocycles. The van der Waals surface area contributed by atoms with Crippen LogP contribution >= 0.6 is 0 Å². The molecule has 0 fully saturated rings. The van der Waals surface area contributed by atoms with Gasteiger partial charge in [-0.05, 0) is 31.9 Å². The molecule has 1 N–H and O–H groups in total. The zero-order valence-corrected chi connectivity index (χ0v) is 17.3. The number of nitrogens with zero attached hydrogens (tertiary/aromatic N) is 1. The molecule has 0 aliphatic rings. The van der Waals surface area contributed by atoms with Gasteiger partial charge in [0.25, 0.3) is 0 Å². The molecule has 2 aromatic carbocycles. The average Bonchev–Trinajstić information content (AvgIpc) is 2.70. The van der Waals surface area contributed by atoms with Crippen LogP contribution in [0.4, 0.5) is 9.59 Å². The summed E-state index contributed by atoms with van der Waals surface area (Å²) < 4.78 is 15.5. The van der Waals surface area contributed by atoms with Gasteiger partial charge in [0.05, 0.1) is 0 Å². The smallest absolute Gasteiger partial charge is 0.429 e. The first-order valence-corrected chi connectivity index (χ1v) is 9.40. The van der Waals surface area contributed by atoms with Gasteiger partial charge in [-0.2, -0.15) is 0 Å². The quantitative estimate of drug-likeness (QED) is 0.439. The number of ether oxygens (including phenoxy) is 3. The molecule has 0 unspecified atom stereocenters. The fraction of sp³-hybridized carbons (Fsp3) is 0.318. The van der Waals surface area contributed by atoms with E-state index >= 15 is 0 Å². The summed E-state index contributed by atoms with van der Waals surface area (Å²) in [5.74, 6) is -0.716. The van der Waals surface area contributed by atoms with E-state index in [9.17, 15) is 14.4 Å². The van der Waals surface area contributed by atoms with Crippen molar-refractivity contribution in [3.8, 4) is 0 Å². The minimum Gasteiger partial charge on any atom is -0.459 e. The number of nitrogens with one attached hydrogen (secondary N) is 1. The molecule has 0 radical (unpaired) electrons. The van der Waals surface area contributed by atoms with Gasteiger partial charge in [0.1, 0.15) is 25.4 Å². The number of carbonyl (C=O) groups excluding carboxylic acids is 3. The lowest BCUT2D eigenvalue weighted by atomic mass is 10.2. The van der Waals surface area contributed by atoms with Gasteiger partial charge in [-0.1, -0.05) is 60.7 Å². The Morgan fingerprint density at radius 1 is 0.833 bits per heavy atom. The SMILES string of the molecule is CC(C)(C)OC(=O)NN(CC(=O)OCc1ccccc1)C(=O)OCc1ccccc1. The number of hydrogen-bond acceptors (Lipinski definition) is 6. The molecule has 0 saturated carbocycles. The van der Waals surface area contributed by atoms with Crippen LogP contribution in [0.1, 0.15) is 31.9 Å². The van der Waals surface area contributed by atoms with Crippen LogP contribution in [0.2, 0.25) is 0 Å². The Bertz CT molecular complexity index is 834. The highest BCUT2D eigenvalue weighted by molar-refractivity contribution is 5.80. The molecule has 2 rings (SSSR count). The van der Waals surface area contributed by atoms with Crippen LogP contribution in [0, 0.1) is 0 Å². The molecule has 8 nitrogen and oxygen atoms in total. The maximum absolute atomic E-state index is 12.5. The lowest BCUT2D eigenvalue weighted by Crippen LogP contribution is -2.50. The highest BCUT2D eigenvalue weighted by atomic mass is 16.6. The summed E-state index contributed by atoms with van der Waals surface area (Å²) >= 11 is 0. The fourth-order valence-electron chi connectivity index (χ4n) is 2.27. The summed E-state index contributed by atoms with van der Waals surface area (Å²) in [6, 6.07) is 18.1. The van der Waals surface area contributed by atoms with Crippen LogP contribution in [0.5, 0.6) is 0 Å². The van der Waals surface area contributed by atoms with E-state index in [1.807, 2.05) is 24.3 Å². The van der Waals surface area contributed by atoms with Crippen LogP contribution in [-0.4, -0.2) is 35.3 Å². The first-order chi connectivity index (χ1) is 14.2. The summed E-state index contributed by atoms with van der Waals surface area (Å²) in [6.07, 6.45) is -1.81. The molecule has 0 bridgehead atoms. The van der Waals surface area contributed by atoms with Crippen molar-refractivity contribution in [2.45, 2.75) is 39.6 Å². The number of esters is 1. The van der Waals surface area contributed by atoms with Gasteiger partial charge < -0.3 is 14.2 Å². The van der Waals surface area contributed by atoms with Crippen molar-refractivity contribution in [3.63, 3.8) is 0 Å². The predicted octanol–water partition coefficient (Wildman–Crippen LogP) is 3.81. The maximum Gasteiger partial charge on any atom is 0.429 e. The summed E-state index contributed by atoms with van der Waals surface area (Å²) in [4.78, 5) is 36.7. The summed E-state index contributed by atoms with van der Waals surface area (Å²) in [5, 5.41) is 0.727. The van der Waals surface area contributed by atoms with Crippen molar-refractivity contribution in [1.29, 1.82) is 0 Å². The van der Waals surface area contributed by atoms with E-state index in [-0.39, 0.29) is 13.2 Å². The first kappa shape index (κ1) is 22.7. The van der Waals surface area contributed by atoms with Crippen molar-refractivity contribution >= 4 is 18.2 Å². The lowest BCUT2D eigenvalue weighted by molar-refractivity contribution is -0.146. The van der Waals surface area contributed by atoms with Crippen LogP contribution in [-0.2, 0) is 32.2 Å². The van der Waals surface area contributed by atoms with Gasteiger partial charge in [0, 0.05) is 0 Å². The number of hydrogen-bond donors (Lipinski definition) is 1. The highest BCUT2D eigenvalue weighted by Gasteiger charge is 2.25. The molecule has 0 aromatic heterocycles. The molecule has 2 amide bonds. The summed E-state index contributed by atoms with van der Waals surface area (Å²) in [5.41, 5.74) is 3.01. The topological polar surface area (TPSA) is 94.2 Å². The van der Waals surface area contributed by atoms with E-state index in [0.29, 0.717) is 0 Å². The Hall–Kier alpha value is -3.55. The molecular formula is C22H26N2O6. The highest BCUT2D eigenvalue weighted by Crippen LogP contribution is 2.08. The minimum absolute atomic E-state index is 0.0226. The molecule has 0 aliphatic carbocycles. The van der Waals surface area contributed by atoms with Crippen molar-refractivity contribution in [1.82, 2.24) is 10.4 Å². The van der Waals surface area contributed by atoms with E-state index in [2.05, 4.69) is 5.43 Å². The van der Waals surface area contributed by atoms with E-state index in [1.54, 1.807) is 57.2 Å². The van der Waals surface area contributed by atoms with Crippen molar-refractivity contribution in [3.05, 3.63) is 71.8 Å². The number of rotatable bonds is 6. The first-order valence-electron chi connectivity index (χ1n) is 9.40. The maximum atomic E-state index is 12.5. The number of benzene rings is 2. The van der Waals surface area contributed by atoms with E-state index in [4.69, 9.17) is 14.2 Å². The van der Waals surface area contributed by atoms with E-state index in [1.165, 1.54) is 0 Å². The fourth-order valence-corrected chi connectivity index (χ4v) is 2.27. The predicted molar refractivity (Wildman–Crippen MR) is 109 cm³/mol. The molecule has 30 heavy (non-hydrogen) atoms. The Morgan fingerprint density at radius 2 is 1.33 bits per heavy atom. The number of amides is 2. The van der Waals surface area contributed by atoms with E-state index < -0.39 is 30.3 Å². The monoisotopic (exact) mass is 414 g/mol. The second-order valence-corrected chi connectivity index (χ2v) is 7.39. The normalized spacial score (nSPS) is 10.6. The van der Waals surface area contributed by atoms with Crippen molar-refractivity contribution < 1.29 is 28.6 Å². The zero-order chi connectivity index (χ0) is 22.0. The van der Waals surface area contributed by atoms with Crippen LogP contribution in [0.15, 0.2) is 60.7 Å². The molecule has 160 valence electrons. The molecule has 0 atom stereocenters. The van der Waals surface area contributed by atoms with Gasteiger partial charge in [0.15, 0.2) is 0 Å². The van der Waals surface area contributed by atoms with Crippen LogP contribution in [0.3, 0.4) is 0 Å². The van der Waals surface area contributed by atoms with Crippen molar-refractivity contribution in [2.24, 2.45) is 0 Å². The molecule has 0 spiro atoms. The summed E-state index contributed by atoms with van der Waals surface area (Å²) in [7, 11) is 0. The molecule has 0 saturated heterocycles. The van der Waals surface area contributed by atoms with Gasteiger partial charge in [-0.15, -0.1) is 0 Å². The second kappa shape index (κ2) is 10.8. The third kappa shape index (κ3) is 8.64. The minimum atomic E-state index is -0.915.